The largest absolute Gasteiger partial charge is 0.283 e. The van der Waals surface area contributed by atoms with Crippen molar-refractivity contribution in [2.45, 2.75) is 0 Å². The molecule has 6 heteroatoms. The van der Waals surface area contributed by atoms with E-state index in [1.54, 1.807) is 11.0 Å². The normalized spacial score (nSPS) is 15.6. The zero-order valence-electron chi connectivity index (χ0n) is 20.6. The first-order valence-electron chi connectivity index (χ1n) is 12.3. The summed E-state index contributed by atoms with van der Waals surface area (Å²) in [5.74, 6) is -0.0969. The Kier molecular flexibility index (Phi) is 6.46. The van der Waals surface area contributed by atoms with Crippen LogP contribution in [-0.4, -0.2) is 32.3 Å². The van der Waals surface area contributed by atoms with Crippen LogP contribution in [-0.2, 0) is 4.79 Å². The van der Waals surface area contributed by atoms with Crippen molar-refractivity contribution in [1.82, 2.24) is 14.7 Å². The lowest BCUT2D eigenvalue weighted by Gasteiger charge is -2.13. The van der Waals surface area contributed by atoms with Crippen LogP contribution < -0.4 is 0 Å². The van der Waals surface area contributed by atoms with E-state index < -0.39 is 0 Å². The van der Waals surface area contributed by atoms with Crippen LogP contribution in [0.2, 0.25) is 0 Å². The van der Waals surface area contributed by atoms with Crippen molar-refractivity contribution in [1.29, 1.82) is 0 Å². The van der Waals surface area contributed by atoms with Gasteiger partial charge in [-0.05, 0) is 41.4 Å². The number of rotatable bonds is 6. The number of para-hydroxylation sites is 1. The van der Waals surface area contributed by atoms with Gasteiger partial charge in [0, 0.05) is 29.3 Å². The van der Waals surface area contributed by atoms with Crippen LogP contribution in [0.1, 0.15) is 5.56 Å². The van der Waals surface area contributed by atoms with E-state index in [1.165, 1.54) is 11.8 Å². The lowest BCUT2D eigenvalue weighted by Crippen LogP contribution is -2.29. The van der Waals surface area contributed by atoms with E-state index in [-0.39, 0.29) is 5.91 Å². The maximum absolute atomic E-state index is 13.6. The van der Waals surface area contributed by atoms with Gasteiger partial charge in [-0.25, -0.2) is 9.67 Å². The highest BCUT2D eigenvalue weighted by Crippen LogP contribution is 2.37. The molecular weight excluding hydrogens is 488 g/mol. The molecule has 38 heavy (non-hydrogen) atoms. The molecule has 1 amide bonds. The van der Waals surface area contributed by atoms with Gasteiger partial charge < -0.3 is 0 Å². The first-order valence-corrected chi connectivity index (χ1v) is 13.1. The minimum Gasteiger partial charge on any atom is -0.283 e. The van der Waals surface area contributed by atoms with Gasteiger partial charge in [0.25, 0.3) is 5.91 Å². The van der Waals surface area contributed by atoms with Crippen LogP contribution in [0.15, 0.2) is 132 Å². The fraction of sp³-hybridized carbons (Fsp3) is 0.0312. The summed E-state index contributed by atoms with van der Waals surface area (Å²) in [4.78, 5) is 20.8. The smallest absolute Gasteiger partial charge is 0.267 e. The lowest BCUT2D eigenvalue weighted by atomic mass is 10.1. The molecule has 1 aliphatic heterocycles. The fourth-order valence-corrected chi connectivity index (χ4v) is 5.45. The SMILES string of the molecule is C=CCN1C(=O)/C(=C/c2cn(-c3ccccc3)nc2-c2ccccc2)SC1=Nc1cccc2ccccc12. The molecule has 6 rings (SSSR count). The van der Waals surface area contributed by atoms with Gasteiger partial charge in [-0.2, -0.15) is 5.10 Å². The number of carbonyl (C=O) groups is 1. The first-order chi connectivity index (χ1) is 18.7. The maximum Gasteiger partial charge on any atom is 0.267 e. The van der Waals surface area contributed by atoms with Crippen LogP contribution in [0.25, 0.3) is 33.8 Å². The van der Waals surface area contributed by atoms with Crippen molar-refractivity contribution in [3.05, 3.63) is 132 Å². The summed E-state index contributed by atoms with van der Waals surface area (Å²) in [6.07, 6.45) is 5.61. The summed E-state index contributed by atoms with van der Waals surface area (Å²) in [5, 5.41) is 7.67. The topological polar surface area (TPSA) is 50.5 Å². The average Bonchev–Trinajstić information content (AvgIpc) is 3.51. The van der Waals surface area contributed by atoms with E-state index in [4.69, 9.17) is 10.1 Å². The van der Waals surface area contributed by atoms with E-state index in [0.717, 1.165) is 39.0 Å². The van der Waals surface area contributed by atoms with Gasteiger partial charge in [-0.15, -0.1) is 6.58 Å². The Morgan fingerprint density at radius 2 is 1.58 bits per heavy atom. The highest BCUT2D eigenvalue weighted by molar-refractivity contribution is 8.18. The molecule has 5 nitrogen and oxygen atoms in total. The van der Waals surface area contributed by atoms with Gasteiger partial charge in [0.05, 0.1) is 22.0 Å². The molecule has 0 atom stereocenters. The van der Waals surface area contributed by atoms with Gasteiger partial charge in [-0.1, -0.05) is 91.0 Å². The molecular formula is C32H24N4OS. The monoisotopic (exact) mass is 512 g/mol. The van der Waals surface area contributed by atoms with Gasteiger partial charge in [-0.3, -0.25) is 9.69 Å². The first kappa shape index (κ1) is 23.7. The average molecular weight is 513 g/mol. The zero-order valence-corrected chi connectivity index (χ0v) is 21.4. The van der Waals surface area contributed by atoms with Gasteiger partial charge in [0.1, 0.15) is 0 Å². The number of aliphatic imine (C=N–C) groups is 1. The molecule has 1 aliphatic rings. The fourth-order valence-electron chi connectivity index (χ4n) is 4.46. The molecule has 0 bridgehead atoms. The Morgan fingerprint density at radius 1 is 0.868 bits per heavy atom. The summed E-state index contributed by atoms with van der Waals surface area (Å²) in [5.41, 5.74) is 4.44. The molecule has 0 N–H and O–H groups in total. The van der Waals surface area contributed by atoms with Crippen molar-refractivity contribution in [2.24, 2.45) is 4.99 Å². The number of carbonyl (C=O) groups excluding carboxylic acids is 1. The van der Waals surface area contributed by atoms with Crippen molar-refractivity contribution in [3.63, 3.8) is 0 Å². The van der Waals surface area contributed by atoms with Gasteiger partial charge in [0.15, 0.2) is 5.17 Å². The number of thioether (sulfide) groups is 1. The predicted octanol–water partition coefficient (Wildman–Crippen LogP) is 7.48. The van der Waals surface area contributed by atoms with Crippen LogP contribution in [0.4, 0.5) is 5.69 Å². The number of fused-ring (bicyclic) bond motifs is 1. The minimum absolute atomic E-state index is 0.0969. The Labute approximate surface area is 225 Å². The highest BCUT2D eigenvalue weighted by Gasteiger charge is 2.33. The molecule has 5 aromatic rings. The number of nitrogens with zero attached hydrogens (tertiary/aromatic N) is 4. The molecule has 1 saturated heterocycles. The van der Waals surface area contributed by atoms with Crippen molar-refractivity contribution < 1.29 is 4.79 Å². The number of amidine groups is 1. The maximum atomic E-state index is 13.6. The summed E-state index contributed by atoms with van der Waals surface area (Å²) in [7, 11) is 0. The predicted molar refractivity (Wildman–Crippen MR) is 158 cm³/mol. The van der Waals surface area contributed by atoms with E-state index in [1.807, 2.05) is 102 Å². The highest BCUT2D eigenvalue weighted by atomic mass is 32.2. The Bertz CT molecular complexity index is 1700. The van der Waals surface area contributed by atoms with Crippen molar-refractivity contribution >= 4 is 45.4 Å². The molecule has 1 aromatic heterocycles. The zero-order chi connectivity index (χ0) is 25.9. The van der Waals surface area contributed by atoms with Gasteiger partial charge >= 0.3 is 0 Å². The number of hydrogen-bond acceptors (Lipinski definition) is 4. The molecule has 2 heterocycles. The van der Waals surface area contributed by atoms with Crippen LogP contribution in [0.5, 0.6) is 0 Å². The quantitative estimate of drug-likeness (QED) is 0.175. The minimum atomic E-state index is -0.0969. The van der Waals surface area contributed by atoms with Crippen molar-refractivity contribution in [3.8, 4) is 16.9 Å². The summed E-state index contributed by atoms with van der Waals surface area (Å²) in [6, 6.07) is 34.1. The summed E-state index contributed by atoms with van der Waals surface area (Å²) < 4.78 is 1.85. The van der Waals surface area contributed by atoms with Crippen LogP contribution >= 0.6 is 11.8 Å². The molecule has 0 spiro atoms. The Hall–Kier alpha value is -4.68. The van der Waals surface area contributed by atoms with Crippen LogP contribution in [0, 0.1) is 0 Å². The third-order valence-corrected chi connectivity index (χ3v) is 7.29. The second-order valence-electron chi connectivity index (χ2n) is 8.79. The number of amides is 1. The lowest BCUT2D eigenvalue weighted by molar-refractivity contribution is -0.121. The van der Waals surface area contributed by atoms with Crippen LogP contribution in [0.3, 0.4) is 0 Å². The third-order valence-electron chi connectivity index (χ3n) is 6.28. The Morgan fingerprint density at radius 3 is 2.37 bits per heavy atom. The van der Waals surface area contributed by atoms with E-state index in [2.05, 4.69) is 24.8 Å². The number of benzene rings is 4. The number of aromatic nitrogens is 2. The van der Waals surface area contributed by atoms with E-state index in [0.29, 0.717) is 16.6 Å². The molecule has 0 aliphatic carbocycles. The molecule has 184 valence electrons. The third kappa shape index (κ3) is 4.58. The molecule has 4 aromatic carbocycles. The Balaban J connectivity index is 1.44. The second kappa shape index (κ2) is 10.4. The molecule has 0 unspecified atom stereocenters. The number of hydrogen-bond donors (Lipinski definition) is 0. The molecule has 0 radical (unpaired) electrons. The standard InChI is InChI=1S/C32H24N4OS/c1-2-20-35-31(37)29(38-32(35)33-28-19-11-15-23-12-9-10-18-27(23)28)21-25-22-36(26-16-7-4-8-17-26)34-30(25)24-13-5-3-6-14-24/h2-19,21-22H,1,20H2/b29-21-,33-32?. The second-order valence-corrected chi connectivity index (χ2v) is 9.80. The summed E-state index contributed by atoms with van der Waals surface area (Å²) in [6.45, 7) is 4.24. The molecule has 0 saturated carbocycles. The van der Waals surface area contributed by atoms with E-state index >= 15 is 0 Å². The molecule has 1 fully saturated rings. The summed E-state index contributed by atoms with van der Waals surface area (Å²) >= 11 is 1.38. The van der Waals surface area contributed by atoms with Gasteiger partial charge in [0.2, 0.25) is 0 Å². The van der Waals surface area contributed by atoms with Crippen molar-refractivity contribution in [2.75, 3.05) is 6.54 Å². The van der Waals surface area contributed by atoms with E-state index in [9.17, 15) is 4.79 Å².